The molecule has 2 aromatic carbocycles. The van der Waals surface area contributed by atoms with Crippen molar-refractivity contribution in [2.24, 2.45) is 0 Å². The van der Waals surface area contributed by atoms with Crippen LogP contribution >= 0.6 is 23.2 Å². The molecule has 0 radical (unpaired) electrons. The maximum Gasteiger partial charge on any atom is 0.322 e. The van der Waals surface area contributed by atoms with Crippen molar-refractivity contribution >= 4 is 34.9 Å². The number of rotatable bonds is 2. The van der Waals surface area contributed by atoms with Crippen LogP contribution in [-0.2, 0) is 0 Å². The highest BCUT2D eigenvalue weighted by atomic mass is 35.5. The molecule has 0 bridgehead atoms. The van der Waals surface area contributed by atoms with E-state index < -0.39 is 0 Å². The van der Waals surface area contributed by atoms with E-state index in [0.717, 1.165) is 29.9 Å². The van der Waals surface area contributed by atoms with Crippen LogP contribution in [0.15, 0.2) is 36.4 Å². The predicted octanol–water partition coefficient (Wildman–Crippen LogP) is 5.13. The molecule has 4 rings (SSSR count). The van der Waals surface area contributed by atoms with Crippen LogP contribution in [0.25, 0.3) is 0 Å². The zero-order valence-electron chi connectivity index (χ0n) is 14.0. The smallest absolute Gasteiger partial charge is 0.322 e. The molecule has 2 aliphatic rings. The van der Waals surface area contributed by atoms with Crippen LogP contribution in [0.3, 0.4) is 0 Å². The summed E-state index contributed by atoms with van der Waals surface area (Å²) in [6.07, 6.45) is 1.86. The van der Waals surface area contributed by atoms with E-state index in [9.17, 15) is 4.79 Å². The lowest BCUT2D eigenvalue weighted by molar-refractivity contribution is 0.170. The average molecular weight is 393 g/mol. The molecule has 2 aliphatic heterocycles. The average Bonchev–Trinajstić information content (AvgIpc) is 3.14. The molecule has 1 unspecified atom stereocenters. The minimum Gasteiger partial charge on any atom is -0.486 e. The lowest BCUT2D eigenvalue weighted by Crippen LogP contribution is -2.34. The lowest BCUT2D eigenvalue weighted by Gasteiger charge is -2.27. The molecule has 1 fully saturated rings. The molecule has 2 aromatic rings. The van der Waals surface area contributed by atoms with Crippen LogP contribution in [0.5, 0.6) is 11.5 Å². The lowest BCUT2D eigenvalue weighted by atomic mass is 10.0. The van der Waals surface area contributed by atoms with E-state index in [0.29, 0.717) is 35.5 Å². The minimum absolute atomic E-state index is 0.00796. The van der Waals surface area contributed by atoms with Gasteiger partial charge in [0.1, 0.15) is 13.2 Å². The first-order chi connectivity index (χ1) is 12.6. The third-order valence-corrected chi connectivity index (χ3v) is 5.37. The summed E-state index contributed by atoms with van der Waals surface area (Å²) in [4.78, 5) is 14.6. The molecule has 26 heavy (non-hydrogen) atoms. The Morgan fingerprint density at radius 1 is 1.04 bits per heavy atom. The van der Waals surface area contributed by atoms with Crippen LogP contribution in [0, 0.1) is 0 Å². The SMILES string of the molecule is O=C(Nc1ccc(Cl)c(Cl)c1)N1CCCC1c1ccc2c(c1)OCCO2. The fourth-order valence-electron chi connectivity index (χ4n) is 3.39. The molecule has 5 nitrogen and oxygen atoms in total. The van der Waals surface area contributed by atoms with Crippen LogP contribution in [0.1, 0.15) is 24.4 Å². The van der Waals surface area contributed by atoms with Crippen molar-refractivity contribution in [3.05, 3.63) is 52.0 Å². The summed E-state index contributed by atoms with van der Waals surface area (Å²) in [6.45, 7) is 1.81. The molecular weight excluding hydrogens is 375 g/mol. The van der Waals surface area contributed by atoms with Gasteiger partial charge in [0.05, 0.1) is 16.1 Å². The molecule has 0 saturated carbocycles. The van der Waals surface area contributed by atoms with Gasteiger partial charge >= 0.3 is 6.03 Å². The zero-order valence-corrected chi connectivity index (χ0v) is 15.5. The molecule has 1 atom stereocenters. The highest BCUT2D eigenvalue weighted by molar-refractivity contribution is 6.42. The van der Waals surface area contributed by atoms with E-state index in [1.807, 2.05) is 23.1 Å². The van der Waals surface area contributed by atoms with Crippen LogP contribution < -0.4 is 14.8 Å². The second-order valence-corrected chi connectivity index (χ2v) is 7.13. The van der Waals surface area contributed by atoms with Gasteiger partial charge in [-0.05, 0) is 48.7 Å². The fraction of sp³-hybridized carbons (Fsp3) is 0.316. The standard InChI is InChI=1S/C19H18Cl2N2O3/c20-14-5-4-13(11-15(14)21)22-19(24)23-7-1-2-16(23)12-3-6-17-18(10-12)26-9-8-25-17/h3-6,10-11,16H,1-2,7-9H2,(H,22,24). The Labute approximate surface area is 161 Å². The number of benzene rings is 2. The first kappa shape index (κ1) is 17.3. The van der Waals surface area contributed by atoms with Gasteiger partial charge in [0, 0.05) is 12.2 Å². The van der Waals surface area contributed by atoms with Crippen molar-refractivity contribution in [1.29, 1.82) is 0 Å². The van der Waals surface area contributed by atoms with E-state index >= 15 is 0 Å². The number of carbonyl (C=O) groups excluding carboxylic acids is 1. The van der Waals surface area contributed by atoms with Crippen LogP contribution in [0.4, 0.5) is 10.5 Å². The van der Waals surface area contributed by atoms with Gasteiger partial charge < -0.3 is 19.7 Å². The number of anilines is 1. The van der Waals surface area contributed by atoms with Crippen molar-refractivity contribution < 1.29 is 14.3 Å². The Morgan fingerprint density at radius 3 is 2.65 bits per heavy atom. The maximum absolute atomic E-state index is 12.8. The zero-order chi connectivity index (χ0) is 18.1. The highest BCUT2D eigenvalue weighted by Gasteiger charge is 2.31. The van der Waals surface area contributed by atoms with Gasteiger partial charge in [0.25, 0.3) is 0 Å². The number of carbonyl (C=O) groups is 1. The number of hydrogen-bond acceptors (Lipinski definition) is 3. The molecule has 1 saturated heterocycles. The summed E-state index contributed by atoms with van der Waals surface area (Å²) in [5, 5.41) is 3.77. The Kier molecular flexibility index (Phi) is 4.83. The quantitative estimate of drug-likeness (QED) is 0.769. The highest BCUT2D eigenvalue weighted by Crippen LogP contribution is 2.38. The third kappa shape index (κ3) is 3.41. The number of nitrogens with one attached hydrogen (secondary N) is 1. The topological polar surface area (TPSA) is 50.8 Å². The summed E-state index contributed by atoms with van der Waals surface area (Å²) in [5.41, 5.74) is 1.67. The molecule has 0 aromatic heterocycles. The molecule has 7 heteroatoms. The Hall–Kier alpha value is -2.11. The second-order valence-electron chi connectivity index (χ2n) is 6.31. The monoisotopic (exact) mass is 392 g/mol. The Morgan fingerprint density at radius 2 is 1.85 bits per heavy atom. The predicted molar refractivity (Wildman–Crippen MR) is 102 cm³/mol. The normalized spacial score (nSPS) is 18.7. The van der Waals surface area contributed by atoms with E-state index in [2.05, 4.69) is 5.32 Å². The number of nitrogens with zero attached hydrogens (tertiary/aromatic N) is 1. The van der Waals surface area contributed by atoms with Crippen molar-refractivity contribution in [2.45, 2.75) is 18.9 Å². The van der Waals surface area contributed by atoms with Gasteiger partial charge in [0.2, 0.25) is 0 Å². The molecule has 136 valence electrons. The van der Waals surface area contributed by atoms with E-state index in [1.165, 1.54) is 0 Å². The van der Waals surface area contributed by atoms with Crippen molar-refractivity contribution in [2.75, 3.05) is 25.1 Å². The number of ether oxygens (including phenoxy) is 2. The number of halogens is 2. The van der Waals surface area contributed by atoms with Gasteiger partial charge in [-0.25, -0.2) is 4.79 Å². The Balaban J connectivity index is 1.52. The van der Waals surface area contributed by atoms with E-state index in [4.69, 9.17) is 32.7 Å². The van der Waals surface area contributed by atoms with Gasteiger partial charge in [-0.2, -0.15) is 0 Å². The molecule has 0 aliphatic carbocycles. The first-order valence-corrected chi connectivity index (χ1v) is 9.29. The molecule has 2 heterocycles. The molecule has 0 spiro atoms. The number of likely N-dealkylation sites (tertiary alicyclic amines) is 1. The summed E-state index contributed by atoms with van der Waals surface area (Å²) in [5.74, 6) is 1.50. The summed E-state index contributed by atoms with van der Waals surface area (Å²) < 4.78 is 11.2. The van der Waals surface area contributed by atoms with Crippen molar-refractivity contribution in [3.8, 4) is 11.5 Å². The van der Waals surface area contributed by atoms with E-state index in [-0.39, 0.29) is 12.1 Å². The van der Waals surface area contributed by atoms with Crippen LogP contribution in [0.2, 0.25) is 10.0 Å². The minimum atomic E-state index is -0.152. The number of hydrogen-bond donors (Lipinski definition) is 1. The molecule has 1 N–H and O–H groups in total. The van der Waals surface area contributed by atoms with Gasteiger partial charge in [0.15, 0.2) is 11.5 Å². The summed E-state index contributed by atoms with van der Waals surface area (Å²) in [7, 11) is 0. The Bertz CT molecular complexity index is 844. The number of urea groups is 1. The second kappa shape index (κ2) is 7.25. The number of amides is 2. The van der Waals surface area contributed by atoms with Crippen molar-refractivity contribution in [1.82, 2.24) is 4.90 Å². The summed E-state index contributed by atoms with van der Waals surface area (Å²) in [6, 6.07) is 10.8. The van der Waals surface area contributed by atoms with E-state index in [1.54, 1.807) is 18.2 Å². The first-order valence-electron chi connectivity index (χ1n) is 8.54. The van der Waals surface area contributed by atoms with Crippen molar-refractivity contribution in [3.63, 3.8) is 0 Å². The third-order valence-electron chi connectivity index (χ3n) is 4.64. The van der Waals surface area contributed by atoms with Gasteiger partial charge in [-0.15, -0.1) is 0 Å². The van der Waals surface area contributed by atoms with Gasteiger partial charge in [-0.3, -0.25) is 0 Å². The van der Waals surface area contributed by atoms with Crippen LogP contribution in [-0.4, -0.2) is 30.7 Å². The fourth-order valence-corrected chi connectivity index (χ4v) is 3.69. The summed E-state index contributed by atoms with van der Waals surface area (Å²) >= 11 is 12.0. The number of fused-ring (bicyclic) bond motifs is 1. The maximum atomic E-state index is 12.8. The molecular formula is C19H18Cl2N2O3. The largest absolute Gasteiger partial charge is 0.486 e. The molecule has 2 amide bonds. The van der Waals surface area contributed by atoms with Gasteiger partial charge in [-0.1, -0.05) is 29.3 Å².